The Morgan fingerprint density at radius 3 is 2.60 bits per heavy atom. The molecule has 2 saturated carbocycles. The molecule has 1 unspecified atom stereocenters. The summed E-state index contributed by atoms with van der Waals surface area (Å²) in [7, 11) is -0.932. The average Bonchev–Trinajstić information content (AvgIpc) is 3.95. The minimum Gasteiger partial charge on any atom is -0.494 e. The topological polar surface area (TPSA) is 191 Å². The maximum Gasteiger partial charge on any atom is 0.270 e. The lowest BCUT2D eigenvalue weighted by Gasteiger charge is -2.28. The van der Waals surface area contributed by atoms with Gasteiger partial charge in [0, 0.05) is 28.1 Å². The molecule has 1 saturated heterocycles. The fourth-order valence-corrected chi connectivity index (χ4v) is 7.91. The van der Waals surface area contributed by atoms with Gasteiger partial charge in [-0.2, -0.15) is 4.37 Å². The van der Waals surface area contributed by atoms with Gasteiger partial charge in [0.15, 0.2) is 0 Å². The molecule has 3 N–H and O–H groups in total. The second-order valence-electron chi connectivity index (χ2n) is 12.0. The van der Waals surface area contributed by atoms with Gasteiger partial charge < -0.3 is 29.7 Å². The van der Waals surface area contributed by atoms with E-state index in [1.165, 1.54) is 31.4 Å². The van der Waals surface area contributed by atoms with E-state index in [0.29, 0.717) is 34.4 Å². The molecule has 0 radical (unpaired) electrons. The third-order valence-electron chi connectivity index (χ3n) is 8.75. The van der Waals surface area contributed by atoms with Crippen molar-refractivity contribution in [2.75, 3.05) is 26.1 Å². The van der Waals surface area contributed by atoms with Crippen LogP contribution in [0.15, 0.2) is 37.1 Å². The number of rotatable bonds is 13. The number of sulfonamides is 1. The van der Waals surface area contributed by atoms with Gasteiger partial charge in [-0.25, -0.2) is 13.4 Å². The van der Waals surface area contributed by atoms with Gasteiger partial charge in [-0.15, -0.1) is 11.0 Å². The zero-order chi connectivity index (χ0) is 34.4. The first-order valence-corrected chi connectivity index (χ1v) is 17.8. The number of hydrogen-bond acceptors (Lipinski definition) is 13. The first-order valence-electron chi connectivity index (χ1n) is 15.1. The van der Waals surface area contributed by atoms with Crippen molar-refractivity contribution in [1.82, 2.24) is 28.7 Å². The van der Waals surface area contributed by atoms with E-state index < -0.39 is 62.6 Å². The molecule has 3 fully saturated rings. The quantitative estimate of drug-likeness (QED) is 0.219. The van der Waals surface area contributed by atoms with Crippen molar-refractivity contribution in [3.63, 3.8) is 0 Å². The largest absolute Gasteiger partial charge is 0.494 e. The standard InChI is InChI=1S/C30H34ClN7O8S2/c1-5-16-12-30(16,29(41)37-48(42,43)19-7-8-19)34-25(39)22-11-18(14-38(22)28(40)15(2)33-24-27(45-4)36-47-35-24)46-26-20-9-6-17(31)10-21(20)23(44-3)13-32-26/h5-6,9-10,13,15-16,18-19,22H,1,7-8,11-12,14H2,2-4H3,(H,33,35)(H,34,39)(H,37,41)/t15?,16-,18-,22+,30-/m1/s1. The number of carbonyl (C=O) groups is 3. The zero-order valence-electron chi connectivity index (χ0n) is 26.3. The van der Waals surface area contributed by atoms with Crippen LogP contribution >= 0.6 is 23.3 Å². The lowest BCUT2D eigenvalue weighted by Crippen LogP contribution is -2.57. The van der Waals surface area contributed by atoms with Gasteiger partial charge >= 0.3 is 0 Å². The number of methoxy groups -OCH3 is 2. The van der Waals surface area contributed by atoms with Crippen molar-refractivity contribution in [3.05, 3.63) is 42.1 Å². The Labute approximate surface area is 285 Å². The first-order chi connectivity index (χ1) is 22.9. The van der Waals surface area contributed by atoms with E-state index in [4.69, 9.17) is 25.8 Å². The fourth-order valence-electron chi connectivity index (χ4n) is 5.89. The number of pyridine rings is 1. The molecule has 48 heavy (non-hydrogen) atoms. The summed E-state index contributed by atoms with van der Waals surface area (Å²) in [5.74, 6) is -1.21. The van der Waals surface area contributed by atoms with Crippen LogP contribution in [0.1, 0.15) is 32.6 Å². The van der Waals surface area contributed by atoms with Crippen LogP contribution in [-0.4, -0.2) is 94.5 Å². The summed E-state index contributed by atoms with van der Waals surface area (Å²) in [4.78, 5) is 47.1. The number of ether oxygens (including phenoxy) is 3. The third-order valence-corrected chi connectivity index (χ3v) is 11.3. The second-order valence-corrected chi connectivity index (χ2v) is 14.9. The fraction of sp³-hybridized carbons (Fsp3) is 0.467. The lowest BCUT2D eigenvalue weighted by atomic mass is 10.1. The van der Waals surface area contributed by atoms with Crippen LogP contribution in [-0.2, 0) is 24.4 Å². The smallest absolute Gasteiger partial charge is 0.270 e. The van der Waals surface area contributed by atoms with Crippen molar-refractivity contribution in [2.24, 2.45) is 5.92 Å². The monoisotopic (exact) mass is 719 g/mol. The van der Waals surface area contributed by atoms with Gasteiger partial charge in [-0.3, -0.25) is 19.1 Å². The van der Waals surface area contributed by atoms with Crippen LogP contribution in [0.4, 0.5) is 5.82 Å². The molecule has 3 aliphatic rings. The van der Waals surface area contributed by atoms with Crippen molar-refractivity contribution in [3.8, 4) is 17.5 Å². The summed E-state index contributed by atoms with van der Waals surface area (Å²) in [5, 5.41) is 6.89. The molecule has 2 aromatic heterocycles. The number of likely N-dealkylation sites (tertiary alicyclic amines) is 1. The minimum atomic E-state index is -3.87. The van der Waals surface area contributed by atoms with E-state index in [0.717, 1.165) is 11.7 Å². The molecular formula is C30H34ClN7O8S2. The highest BCUT2D eigenvalue weighted by Gasteiger charge is 2.62. The Hall–Kier alpha value is -4.22. The highest BCUT2D eigenvalue weighted by atomic mass is 35.5. The number of amides is 3. The summed E-state index contributed by atoms with van der Waals surface area (Å²) in [5.41, 5.74) is -1.52. The second kappa shape index (κ2) is 13.0. The van der Waals surface area contributed by atoms with Crippen LogP contribution in [0.2, 0.25) is 5.02 Å². The molecule has 3 amide bonds. The van der Waals surface area contributed by atoms with E-state index in [9.17, 15) is 22.8 Å². The van der Waals surface area contributed by atoms with Crippen molar-refractivity contribution >= 4 is 67.7 Å². The predicted molar refractivity (Wildman–Crippen MR) is 177 cm³/mol. The molecule has 3 heterocycles. The molecule has 15 nitrogen and oxygen atoms in total. The number of halogens is 1. The maximum absolute atomic E-state index is 14.0. The molecular weight excluding hydrogens is 686 g/mol. The first kappa shape index (κ1) is 33.7. The van der Waals surface area contributed by atoms with E-state index in [-0.39, 0.29) is 37.0 Å². The van der Waals surface area contributed by atoms with Crippen molar-refractivity contribution in [2.45, 2.75) is 61.6 Å². The number of carbonyl (C=O) groups excluding carboxylic acids is 3. The number of aromatic nitrogens is 3. The number of nitrogens with zero attached hydrogens (tertiary/aromatic N) is 4. The molecule has 3 aromatic rings. The minimum absolute atomic E-state index is 0.00166. The molecule has 0 bridgehead atoms. The Morgan fingerprint density at radius 1 is 1.17 bits per heavy atom. The maximum atomic E-state index is 14.0. The normalized spacial score (nSPS) is 24.0. The number of benzene rings is 1. The molecule has 256 valence electrons. The summed E-state index contributed by atoms with van der Waals surface area (Å²) >= 11 is 7.14. The van der Waals surface area contributed by atoms with E-state index in [2.05, 4.69) is 35.7 Å². The van der Waals surface area contributed by atoms with Crippen LogP contribution in [0.5, 0.6) is 17.5 Å². The van der Waals surface area contributed by atoms with E-state index in [1.54, 1.807) is 25.1 Å². The highest BCUT2D eigenvalue weighted by molar-refractivity contribution is 7.91. The van der Waals surface area contributed by atoms with Crippen LogP contribution in [0.3, 0.4) is 0 Å². The van der Waals surface area contributed by atoms with Gasteiger partial charge in [0.05, 0.1) is 43.9 Å². The Bertz CT molecular complexity index is 1890. The number of fused-ring (bicyclic) bond motifs is 1. The summed E-state index contributed by atoms with van der Waals surface area (Å²) in [6.45, 7) is 5.36. The lowest BCUT2D eigenvalue weighted by molar-refractivity contribution is -0.140. The summed E-state index contributed by atoms with van der Waals surface area (Å²) in [6, 6.07) is 3.19. The molecule has 1 aliphatic heterocycles. The summed E-state index contributed by atoms with van der Waals surface area (Å²) < 4.78 is 52.5. The molecule has 6 rings (SSSR count). The van der Waals surface area contributed by atoms with Gasteiger partial charge in [-0.05, 0) is 44.4 Å². The Morgan fingerprint density at radius 2 is 1.94 bits per heavy atom. The molecule has 18 heteroatoms. The third kappa shape index (κ3) is 6.45. The van der Waals surface area contributed by atoms with Crippen LogP contribution in [0, 0.1) is 5.92 Å². The molecule has 2 aliphatic carbocycles. The van der Waals surface area contributed by atoms with E-state index >= 15 is 0 Å². The highest BCUT2D eigenvalue weighted by Crippen LogP contribution is 2.45. The van der Waals surface area contributed by atoms with Gasteiger partial charge in [0.2, 0.25) is 33.5 Å². The van der Waals surface area contributed by atoms with Crippen molar-refractivity contribution < 1.29 is 37.0 Å². The average molecular weight is 720 g/mol. The van der Waals surface area contributed by atoms with Gasteiger partial charge in [0.1, 0.15) is 29.5 Å². The Kier molecular flexibility index (Phi) is 9.12. The molecule has 1 aromatic carbocycles. The Balaban J connectivity index is 1.26. The van der Waals surface area contributed by atoms with Crippen molar-refractivity contribution in [1.29, 1.82) is 0 Å². The molecule has 5 atom stereocenters. The number of nitrogens with one attached hydrogen (secondary N) is 3. The van der Waals surface area contributed by atoms with Crippen LogP contribution < -0.4 is 29.6 Å². The van der Waals surface area contributed by atoms with Gasteiger partial charge in [-0.1, -0.05) is 17.7 Å². The van der Waals surface area contributed by atoms with Gasteiger partial charge in [0.25, 0.3) is 11.8 Å². The number of anilines is 1. The zero-order valence-corrected chi connectivity index (χ0v) is 28.7. The predicted octanol–water partition coefficient (Wildman–Crippen LogP) is 2.28. The summed E-state index contributed by atoms with van der Waals surface area (Å²) in [6.07, 6.45) is 3.45. The number of hydrogen-bond donors (Lipinski definition) is 3. The van der Waals surface area contributed by atoms with Crippen LogP contribution in [0.25, 0.3) is 10.8 Å². The van der Waals surface area contributed by atoms with E-state index in [1.807, 2.05) is 0 Å². The molecule has 0 spiro atoms. The SMILES string of the molecule is C=C[C@@H]1C[C@]1(NC(=O)[C@@H]1C[C@@H](Oc2ncc(OC)c3cc(Cl)ccc23)CN1C(=O)C(C)Nc1nsnc1OC)C(=O)NS(=O)(=O)C1CC1.